The van der Waals surface area contributed by atoms with E-state index in [-0.39, 0.29) is 0 Å². The third-order valence-electron chi connectivity index (χ3n) is 5.76. The van der Waals surface area contributed by atoms with Crippen molar-refractivity contribution in [3.8, 4) is 5.88 Å². The number of pyridine rings is 1. The number of hydrogen-bond acceptors (Lipinski definition) is 5. The van der Waals surface area contributed by atoms with Crippen molar-refractivity contribution in [3.63, 3.8) is 0 Å². The Labute approximate surface area is 144 Å². The highest BCUT2D eigenvalue weighted by Crippen LogP contribution is 2.34. The Hall–Kier alpha value is -1.17. The smallest absolute Gasteiger partial charge is 0.213 e. The molecule has 3 heterocycles. The fourth-order valence-electron chi connectivity index (χ4n) is 4.45. The highest BCUT2D eigenvalue weighted by molar-refractivity contribution is 5.09. The van der Waals surface area contributed by atoms with E-state index in [1.165, 1.54) is 45.4 Å². The van der Waals surface area contributed by atoms with E-state index in [0.717, 1.165) is 32.1 Å². The Kier molecular flexibility index (Phi) is 5.30. The average molecular weight is 331 g/mol. The maximum atomic E-state index is 6.06. The van der Waals surface area contributed by atoms with Crippen molar-refractivity contribution >= 4 is 0 Å². The molecule has 24 heavy (non-hydrogen) atoms. The van der Waals surface area contributed by atoms with Crippen LogP contribution >= 0.6 is 0 Å². The van der Waals surface area contributed by atoms with E-state index in [1.54, 1.807) is 6.20 Å². The van der Waals surface area contributed by atoms with Gasteiger partial charge in [-0.25, -0.2) is 4.98 Å². The lowest BCUT2D eigenvalue weighted by Gasteiger charge is -2.38. The van der Waals surface area contributed by atoms with Crippen LogP contribution in [0, 0.1) is 5.92 Å². The average Bonchev–Trinajstić information content (AvgIpc) is 3.28. The molecule has 3 atom stereocenters. The number of likely N-dealkylation sites (tertiary alicyclic amines) is 1. The Morgan fingerprint density at radius 2 is 2.04 bits per heavy atom. The van der Waals surface area contributed by atoms with Gasteiger partial charge < -0.3 is 14.4 Å². The van der Waals surface area contributed by atoms with Crippen LogP contribution in [0.2, 0.25) is 0 Å². The van der Waals surface area contributed by atoms with Crippen LogP contribution in [0.15, 0.2) is 24.4 Å². The molecule has 1 aromatic rings. The van der Waals surface area contributed by atoms with Crippen molar-refractivity contribution < 1.29 is 9.47 Å². The van der Waals surface area contributed by atoms with Crippen LogP contribution < -0.4 is 4.74 Å². The first-order chi connectivity index (χ1) is 11.9. The third-order valence-corrected chi connectivity index (χ3v) is 5.76. The molecule has 132 valence electrons. The number of hydrogen-bond donors (Lipinski definition) is 0. The summed E-state index contributed by atoms with van der Waals surface area (Å²) in [5.41, 5.74) is 0. The van der Waals surface area contributed by atoms with Gasteiger partial charge in [0.05, 0.1) is 19.3 Å². The molecule has 0 amide bonds. The van der Waals surface area contributed by atoms with Crippen molar-refractivity contribution in [2.24, 2.45) is 5.92 Å². The number of fused-ring (bicyclic) bond motifs is 1. The summed E-state index contributed by atoms with van der Waals surface area (Å²) in [5, 5.41) is 0. The lowest BCUT2D eigenvalue weighted by Crippen LogP contribution is -2.50. The maximum Gasteiger partial charge on any atom is 0.213 e. The van der Waals surface area contributed by atoms with E-state index in [1.807, 2.05) is 18.2 Å². The number of rotatable bonds is 6. The van der Waals surface area contributed by atoms with Crippen LogP contribution in [0.3, 0.4) is 0 Å². The quantitative estimate of drug-likeness (QED) is 0.797. The van der Waals surface area contributed by atoms with Crippen molar-refractivity contribution in [1.82, 2.24) is 14.8 Å². The molecule has 2 saturated heterocycles. The summed E-state index contributed by atoms with van der Waals surface area (Å²) in [4.78, 5) is 9.54. The van der Waals surface area contributed by atoms with Gasteiger partial charge in [0.2, 0.25) is 5.88 Å². The van der Waals surface area contributed by atoms with Crippen LogP contribution in [0.1, 0.15) is 25.7 Å². The number of morpholine rings is 1. The second-order valence-corrected chi connectivity index (χ2v) is 7.38. The first-order valence-corrected chi connectivity index (χ1v) is 9.50. The summed E-state index contributed by atoms with van der Waals surface area (Å²) in [7, 11) is 0. The van der Waals surface area contributed by atoms with Crippen LogP contribution in [0.4, 0.5) is 0 Å². The SMILES string of the molecule is c1ccc(OCC2CC3OCCN(CCN4CCCC4)C3C2)nc1. The number of nitrogens with zero attached hydrogens (tertiary/aromatic N) is 3. The van der Waals surface area contributed by atoms with E-state index in [4.69, 9.17) is 9.47 Å². The lowest BCUT2D eigenvalue weighted by atomic mass is 10.1. The molecular formula is C19H29N3O2. The highest BCUT2D eigenvalue weighted by Gasteiger charge is 2.41. The zero-order chi connectivity index (χ0) is 16.2. The minimum absolute atomic E-state index is 0.398. The highest BCUT2D eigenvalue weighted by atomic mass is 16.5. The van der Waals surface area contributed by atoms with E-state index in [2.05, 4.69) is 14.8 Å². The fourth-order valence-corrected chi connectivity index (χ4v) is 4.45. The molecule has 5 heteroatoms. The van der Waals surface area contributed by atoms with Crippen molar-refractivity contribution in [3.05, 3.63) is 24.4 Å². The molecular weight excluding hydrogens is 302 g/mol. The molecule has 1 aromatic heterocycles. The van der Waals surface area contributed by atoms with Gasteiger partial charge in [-0.2, -0.15) is 0 Å². The predicted octanol–water partition coefficient (Wildman–Crippen LogP) is 2.04. The summed E-state index contributed by atoms with van der Waals surface area (Å²) < 4.78 is 11.9. The fraction of sp³-hybridized carbons (Fsp3) is 0.737. The van der Waals surface area contributed by atoms with E-state index < -0.39 is 0 Å². The Balaban J connectivity index is 1.27. The first kappa shape index (κ1) is 16.3. The van der Waals surface area contributed by atoms with Crippen molar-refractivity contribution in [1.29, 1.82) is 0 Å². The van der Waals surface area contributed by atoms with Crippen LogP contribution in [0.5, 0.6) is 5.88 Å². The van der Waals surface area contributed by atoms with E-state index in [0.29, 0.717) is 18.1 Å². The van der Waals surface area contributed by atoms with E-state index >= 15 is 0 Å². The zero-order valence-electron chi connectivity index (χ0n) is 14.5. The molecule has 0 radical (unpaired) electrons. The monoisotopic (exact) mass is 331 g/mol. The van der Waals surface area contributed by atoms with Crippen molar-refractivity contribution in [2.75, 3.05) is 45.9 Å². The van der Waals surface area contributed by atoms with Gasteiger partial charge in [0, 0.05) is 37.9 Å². The molecule has 5 nitrogen and oxygen atoms in total. The minimum Gasteiger partial charge on any atom is -0.477 e. The lowest BCUT2D eigenvalue weighted by molar-refractivity contribution is -0.0573. The minimum atomic E-state index is 0.398. The molecule has 2 aliphatic heterocycles. The maximum absolute atomic E-state index is 6.06. The van der Waals surface area contributed by atoms with Gasteiger partial charge in [-0.05, 0) is 50.8 Å². The Bertz CT molecular complexity index is 507. The van der Waals surface area contributed by atoms with Gasteiger partial charge in [-0.1, -0.05) is 6.07 Å². The Morgan fingerprint density at radius 1 is 1.12 bits per heavy atom. The topological polar surface area (TPSA) is 37.8 Å². The molecule has 1 saturated carbocycles. The molecule has 3 aliphatic rings. The van der Waals surface area contributed by atoms with Crippen molar-refractivity contribution in [2.45, 2.75) is 37.8 Å². The van der Waals surface area contributed by atoms with Crippen LogP contribution in [0.25, 0.3) is 0 Å². The van der Waals surface area contributed by atoms with Gasteiger partial charge >= 0.3 is 0 Å². The van der Waals surface area contributed by atoms with Gasteiger partial charge in [0.1, 0.15) is 0 Å². The van der Waals surface area contributed by atoms with Gasteiger partial charge in [-0.3, -0.25) is 4.90 Å². The summed E-state index contributed by atoms with van der Waals surface area (Å²) in [6.07, 6.45) is 7.25. The van der Waals surface area contributed by atoms with Crippen LogP contribution in [-0.2, 0) is 4.74 Å². The molecule has 3 fully saturated rings. The largest absolute Gasteiger partial charge is 0.477 e. The summed E-state index contributed by atoms with van der Waals surface area (Å²) in [5.74, 6) is 1.31. The molecule has 0 N–H and O–H groups in total. The molecule has 4 rings (SSSR count). The van der Waals surface area contributed by atoms with Crippen LogP contribution in [-0.4, -0.2) is 72.9 Å². The second-order valence-electron chi connectivity index (χ2n) is 7.38. The predicted molar refractivity (Wildman–Crippen MR) is 93.2 cm³/mol. The molecule has 1 aliphatic carbocycles. The number of aromatic nitrogens is 1. The van der Waals surface area contributed by atoms with Gasteiger partial charge in [0.15, 0.2) is 0 Å². The Morgan fingerprint density at radius 3 is 2.88 bits per heavy atom. The van der Waals surface area contributed by atoms with Gasteiger partial charge in [-0.15, -0.1) is 0 Å². The number of ether oxygens (including phenoxy) is 2. The first-order valence-electron chi connectivity index (χ1n) is 9.50. The molecule has 0 spiro atoms. The normalized spacial score (nSPS) is 31.2. The second kappa shape index (κ2) is 7.81. The summed E-state index contributed by atoms with van der Waals surface area (Å²) in [6.45, 7) is 7.72. The van der Waals surface area contributed by atoms with Gasteiger partial charge in [0.25, 0.3) is 0 Å². The summed E-state index contributed by atoms with van der Waals surface area (Å²) in [6, 6.07) is 6.41. The molecule has 0 aromatic carbocycles. The zero-order valence-corrected chi connectivity index (χ0v) is 14.5. The third kappa shape index (κ3) is 3.90. The standard InChI is InChI=1S/C19H29N3O2/c1-2-6-20-19(5-1)24-15-16-13-17-18(14-16)23-12-11-22(17)10-9-21-7-3-4-8-21/h1-2,5-6,16-18H,3-4,7-15H2. The van der Waals surface area contributed by atoms with E-state index in [9.17, 15) is 0 Å². The molecule has 3 unspecified atom stereocenters. The molecule has 0 bridgehead atoms. The summed E-state index contributed by atoms with van der Waals surface area (Å²) >= 11 is 0.